The molecule has 0 saturated heterocycles. The molecule has 3 aromatic carbocycles. The lowest BCUT2D eigenvalue weighted by molar-refractivity contribution is -0.137. The predicted molar refractivity (Wildman–Crippen MR) is 159 cm³/mol. The molecule has 2 aliphatic rings. The van der Waals surface area contributed by atoms with Gasteiger partial charge >= 0.3 is 6.18 Å². The molecule has 1 aliphatic carbocycles. The molecule has 2 heterocycles. The molecule has 6 rings (SSSR count). The number of benzene rings is 3. The highest BCUT2D eigenvalue weighted by atomic mass is 127. The summed E-state index contributed by atoms with van der Waals surface area (Å²) in [5.74, 6) is -3.33. The van der Waals surface area contributed by atoms with E-state index in [1.54, 1.807) is 17.8 Å². The fourth-order valence-corrected chi connectivity index (χ4v) is 6.67. The van der Waals surface area contributed by atoms with E-state index < -0.39 is 52.9 Å². The molecule has 1 aliphatic heterocycles. The van der Waals surface area contributed by atoms with Crippen LogP contribution in [0.3, 0.4) is 0 Å². The average molecular weight is 749 g/mol. The van der Waals surface area contributed by atoms with Crippen molar-refractivity contribution in [2.24, 2.45) is 13.0 Å². The quantitative estimate of drug-likeness (QED) is 0.114. The molecule has 2 unspecified atom stereocenters. The van der Waals surface area contributed by atoms with E-state index in [1.165, 1.54) is 6.07 Å². The number of aryl methyl sites for hydroxylation is 1. The Labute approximate surface area is 262 Å². The minimum atomic E-state index is -4.90. The number of carbonyl (C=O) groups is 2. The van der Waals surface area contributed by atoms with Crippen molar-refractivity contribution in [1.82, 2.24) is 15.1 Å². The summed E-state index contributed by atoms with van der Waals surface area (Å²) in [4.78, 5) is 26.9. The highest BCUT2D eigenvalue weighted by Gasteiger charge is 2.41. The zero-order valence-corrected chi connectivity index (χ0v) is 25.6. The van der Waals surface area contributed by atoms with E-state index in [1.807, 2.05) is 21.2 Å². The molecule has 15 heteroatoms. The minimum Gasteiger partial charge on any atom is -0.341 e. The van der Waals surface area contributed by atoms with Gasteiger partial charge in [-0.1, -0.05) is 11.6 Å². The largest absolute Gasteiger partial charge is 0.416 e. The van der Waals surface area contributed by atoms with Crippen molar-refractivity contribution >= 4 is 70.4 Å². The number of alkyl halides is 3. The Morgan fingerprint density at radius 1 is 1.19 bits per heavy atom. The molecule has 1 aromatic heterocycles. The summed E-state index contributed by atoms with van der Waals surface area (Å²) in [5, 5.41) is 10.6. The van der Waals surface area contributed by atoms with Crippen LogP contribution in [0.25, 0.3) is 10.9 Å². The summed E-state index contributed by atoms with van der Waals surface area (Å²) in [6.07, 6.45) is -3.49. The predicted octanol–water partition coefficient (Wildman–Crippen LogP) is 8.07. The molecule has 1 fully saturated rings. The molecule has 0 spiro atoms. The third-order valence-electron chi connectivity index (χ3n) is 7.47. The van der Waals surface area contributed by atoms with Gasteiger partial charge in [-0.05, 0) is 61.2 Å². The van der Waals surface area contributed by atoms with Crippen LogP contribution in [-0.4, -0.2) is 21.6 Å². The molecule has 1 saturated carbocycles. The molecular weight excluding hydrogens is 730 g/mol. The SMILES string of the molecule is Cn1nc2c3c(c(NC(=O)c4cc(F)cc(C(F)(F)F)c4)cc2c1C(OSI)C1CC1)C(c1cc(F)ccc1Cl)NC3=O. The third-order valence-corrected chi connectivity index (χ3v) is 8.72. The molecule has 2 N–H and O–H groups in total. The second-order valence-electron chi connectivity index (χ2n) is 10.3. The Hall–Kier alpha value is -2.95. The maximum absolute atomic E-state index is 14.3. The van der Waals surface area contributed by atoms with E-state index >= 15 is 0 Å². The number of hydrogen-bond acceptors (Lipinski definition) is 5. The van der Waals surface area contributed by atoms with Crippen molar-refractivity contribution in [1.29, 1.82) is 0 Å². The van der Waals surface area contributed by atoms with Gasteiger partial charge in [0.25, 0.3) is 11.8 Å². The Kier molecular flexibility index (Phi) is 7.84. The average Bonchev–Trinajstić information content (AvgIpc) is 3.65. The van der Waals surface area contributed by atoms with Crippen LogP contribution in [0.4, 0.5) is 27.6 Å². The molecule has 0 bridgehead atoms. The fourth-order valence-electron chi connectivity index (χ4n) is 5.44. The summed E-state index contributed by atoms with van der Waals surface area (Å²) in [5.41, 5.74) is -0.540. The number of amides is 2. The molecule has 4 aromatic rings. The van der Waals surface area contributed by atoms with Crippen molar-refractivity contribution in [3.63, 3.8) is 0 Å². The number of hydrogen-bond donors (Lipinski definition) is 2. The maximum Gasteiger partial charge on any atom is 0.416 e. The van der Waals surface area contributed by atoms with E-state index in [-0.39, 0.29) is 44.9 Å². The van der Waals surface area contributed by atoms with Crippen molar-refractivity contribution in [2.75, 3.05) is 5.32 Å². The number of fused-ring (bicyclic) bond motifs is 3. The normalized spacial score (nSPS) is 17.2. The van der Waals surface area contributed by atoms with Crippen LogP contribution in [-0.2, 0) is 17.4 Å². The number of anilines is 1. The van der Waals surface area contributed by atoms with E-state index in [0.717, 1.165) is 34.2 Å². The van der Waals surface area contributed by atoms with Gasteiger partial charge in [-0.15, -0.1) is 0 Å². The van der Waals surface area contributed by atoms with Crippen molar-refractivity contribution < 1.29 is 35.7 Å². The van der Waals surface area contributed by atoms with Gasteiger partial charge in [0, 0.05) is 61.0 Å². The van der Waals surface area contributed by atoms with Crippen LogP contribution in [0, 0.1) is 17.6 Å². The highest BCUT2D eigenvalue weighted by molar-refractivity contribution is 14.2. The lowest BCUT2D eigenvalue weighted by atomic mass is 9.93. The second kappa shape index (κ2) is 11.2. The molecule has 7 nitrogen and oxygen atoms in total. The second-order valence-corrected chi connectivity index (χ2v) is 12.1. The number of nitrogens with zero attached hydrogens (tertiary/aromatic N) is 2. The van der Waals surface area contributed by atoms with Gasteiger partial charge < -0.3 is 10.6 Å². The Morgan fingerprint density at radius 3 is 2.60 bits per heavy atom. The van der Waals surface area contributed by atoms with E-state index in [9.17, 15) is 31.5 Å². The molecular formula is C28H19ClF5IN4O3S. The van der Waals surface area contributed by atoms with Gasteiger partial charge in [-0.25, -0.2) is 8.78 Å². The minimum absolute atomic E-state index is 0.0277. The molecule has 0 radical (unpaired) electrons. The van der Waals surface area contributed by atoms with Gasteiger partial charge in [0.15, 0.2) is 0 Å². The van der Waals surface area contributed by atoms with Gasteiger partial charge in [0.1, 0.15) is 23.3 Å². The zero-order chi connectivity index (χ0) is 30.8. The summed E-state index contributed by atoms with van der Waals surface area (Å²) >= 11 is 8.40. The summed E-state index contributed by atoms with van der Waals surface area (Å²) in [6.45, 7) is 0. The number of rotatable bonds is 7. The highest BCUT2D eigenvalue weighted by Crippen LogP contribution is 2.50. The summed E-state index contributed by atoms with van der Waals surface area (Å²) < 4.78 is 76.2. The van der Waals surface area contributed by atoms with Crippen LogP contribution < -0.4 is 10.6 Å². The van der Waals surface area contributed by atoms with E-state index in [4.69, 9.17) is 15.8 Å². The van der Waals surface area contributed by atoms with Crippen LogP contribution in [0.2, 0.25) is 5.02 Å². The molecule has 224 valence electrons. The van der Waals surface area contributed by atoms with E-state index in [2.05, 4.69) is 15.7 Å². The first-order chi connectivity index (χ1) is 20.4. The van der Waals surface area contributed by atoms with Gasteiger partial charge in [0.05, 0.1) is 32.1 Å². The number of aromatic nitrogens is 2. The Bertz CT molecular complexity index is 1810. The van der Waals surface area contributed by atoms with Gasteiger partial charge in [-0.2, -0.15) is 18.3 Å². The van der Waals surface area contributed by atoms with Crippen LogP contribution in [0.1, 0.15) is 68.1 Å². The molecule has 2 amide bonds. The topological polar surface area (TPSA) is 85.2 Å². The standard InChI is InChI=1S/C28H19ClF5IN4O3S/c1-39-24(25(42-43-35)11-2-3-11)17-10-19(36-26(40)12-6-13(28(32,33)34)8-15(31)7-12)20-21(23(17)38-39)27(41)37-22(20)16-9-14(30)4-5-18(16)29/h4-11,22,25H,2-3H2,1H3,(H,36,40)(H,37,41). The summed E-state index contributed by atoms with van der Waals surface area (Å²) in [6, 6.07) is 5.60. The lowest BCUT2D eigenvalue weighted by Crippen LogP contribution is -2.21. The lowest BCUT2D eigenvalue weighted by Gasteiger charge is -2.19. The van der Waals surface area contributed by atoms with Crippen LogP contribution >= 0.6 is 42.0 Å². The van der Waals surface area contributed by atoms with Crippen molar-refractivity contribution in [3.05, 3.63) is 92.6 Å². The Morgan fingerprint density at radius 2 is 1.93 bits per heavy atom. The number of carbonyl (C=O) groups excluding carboxylic acids is 2. The monoisotopic (exact) mass is 748 g/mol. The number of halogens is 7. The molecule has 43 heavy (non-hydrogen) atoms. The van der Waals surface area contributed by atoms with Gasteiger partial charge in [0.2, 0.25) is 0 Å². The van der Waals surface area contributed by atoms with Gasteiger partial charge in [-0.3, -0.25) is 18.5 Å². The smallest absolute Gasteiger partial charge is 0.341 e. The van der Waals surface area contributed by atoms with Crippen molar-refractivity contribution in [2.45, 2.75) is 31.2 Å². The van der Waals surface area contributed by atoms with Crippen LogP contribution in [0.5, 0.6) is 0 Å². The Balaban J connectivity index is 1.56. The fraction of sp³-hybridized carbons (Fsp3) is 0.250. The third kappa shape index (κ3) is 5.58. The van der Waals surface area contributed by atoms with Crippen molar-refractivity contribution in [3.8, 4) is 0 Å². The molecule has 2 atom stereocenters. The zero-order valence-electron chi connectivity index (χ0n) is 21.9. The first-order valence-corrected chi connectivity index (χ1v) is 16.5. The first kappa shape index (κ1) is 30.1. The van der Waals surface area contributed by atoms with E-state index in [0.29, 0.717) is 23.2 Å². The summed E-state index contributed by atoms with van der Waals surface area (Å²) in [7, 11) is 2.83. The first-order valence-electron chi connectivity index (χ1n) is 12.8. The number of nitrogens with one attached hydrogen (secondary N) is 2. The maximum atomic E-state index is 14.3. The van der Waals surface area contributed by atoms with Crippen LogP contribution in [0.15, 0.2) is 42.5 Å².